The fraction of sp³-hybridized carbons (Fsp3) is 0. The van der Waals surface area contributed by atoms with Crippen molar-refractivity contribution in [3.63, 3.8) is 0 Å². The van der Waals surface area contributed by atoms with Crippen LogP contribution in [0.25, 0.3) is 0 Å². The first kappa shape index (κ1) is 8.97. The van der Waals surface area contributed by atoms with Gasteiger partial charge in [0.1, 0.15) is 7.85 Å². The second kappa shape index (κ2) is 3.52. The SMILES string of the molecule is [B]c1ccc(S(=O)[O-])cc1Br. The molecule has 1 aromatic rings. The number of benzene rings is 1. The highest BCUT2D eigenvalue weighted by Crippen LogP contribution is 2.10. The second-order valence-electron chi connectivity index (χ2n) is 1.92. The predicted molar refractivity (Wildman–Crippen MR) is 46.7 cm³/mol. The molecule has 0 bridgehead atoms. The minimum Gasteiger partial charge on any atom is -0.768 e. The van der Waals surface area contributed by atoms with Gasteiger partial charge in [-0.25, -0.2) is 0 Å². The summed E-state index contributed by atoms with van der Waals surface area (Å²) >= 11 is 0.933. The summed E-state index contributed by atoms with van der Waals surface area (Å²) in [6, 6.07) is 4.44. The Morgan fingerprint density at radius 2 is 2.18 bits per heavy atom. The fourth-order valence-electron chi connectivity index (χ4n) is 0.612. The predicted octanol–water partition coefficient (Wildman–Crippen LogP) is 0.481. The third-order valence-corrected chi connectivity index (χ3v) is 2.49. The van der Waals surface area contributed by atoms with Gasteiger partial charge in [-0.1, -0.05) is 27.5 Å². The molecule has 1 rings (SSSR count). The lowest BCUT2D eigenvalue weighted by molar-refractivity contribution is 0.537. The minimum atomic E-state index is -2.18. The third-order valence-electron chi connectivity index (χ3n) is 1.16. The van der Waals surface area contributed by atoms with Crippen molar-refractivity contribution >= 4 is 40.3 Å². The Morgan fingerprint density at radius 1 is 1.55 bits per heavy atom. The van der Waals surface area contributed by atoms with E-state index >= 15 is 0 Å². The summed E-state index contributed by atoms with van der Waals surface area (Å²) < 4.78 is 21.4. The lowest BCUT2D eigenvalue weighted by atomic mass is 9.97. The van der Waals surface area contributed by atoms with E-state index in [1.54, 1.807) is 0 Å². The second-order valence-corrected chi connectivity index (χ2v) is 3.71. The molecule has 0 saturated heterocycles. The Hall–Kier alpha value is -0.125. The number of hydrogen-bond acceptors (Lipinski definition) is 2. The maximum absolute atomic E-state index is 10.4. The van der Waals surface area contributed by atoms with Crippen molar-refractivity contribution in [2.45, 2.75) is 4.90 Å². The molecule has 0 aliphatic heterocycles. The zero-order chi connectivity index (χ0) is 8.43. The van der Waals surface area contributed by atoms with Gasteiger partial charge in [0.25, 0.3) is 0 Å². The molecule has 2 radical (unpaired) electrons. The van der Waals surface area contributed by atoms with E-state index < -0.39 is 11.1 Å². The summed E-state index contributed by atoms with van der Waals surface area (Å²) in [6.07, 6.45) is 0. The van der Waals surface area contributed by atoms with Crippen molar-refractivity contribution in [1.82, 2.24) is 0 Å². The monoisotopic (exact) mass is 229 g/mol. The molecule has 1 unspecified atom stereocenters. The van der Waals surface area contributed by atoms with Crippen LogP contribution in [0.1, 0.15) is 0 Å². The van der Waals surface area contributed by atoms with Crippen molar-refractivity contribution in [2.75, 3.05) is 0 Å². The van der Waals surface area contributed by atoms with Gasteiger partial charge in [0.2, 0.25) is 0 Å². The van der Waals surface area contributed by atoms with Crippen LogP contribution in [0, 0.1) is 0 Å². The molecule has 0 N–H and O–H groups in total. The van der Waals surface area contributed by atoms with Crippen molar-refractivity contribution in [1.29, 1.82) is 0 Å². The molecule has 1 aromatic carbocycles. The molecule has 56 valence electrons. The van der Waals surface area contributed by atoms with E-state index in [1.807, 2.05) is 0 Å². The fourth-order valence-corrected chi connectivity index (χ4v) is 1.54. The van der Waals surface area contributed by atoms with E-state index in [0.717, 1.165) is 0 Å². The zero-order valence-corrected chi connectivity index (χ0v) is 7.81. The molecule has 0 saturated carbocycles. The number of halogens is 1. The maximum atomic E-state index is 10.4. The highest BCUT2D eigenvalue weighted by atomic mass is 79.9. The molecule has 0 amide bonds. The molecule has 1 atom stereocenters. The largest absolute Gasteiger partial charge is 0.768 e. The van der Waals surface area contributed by atoms with Crippen LogP contribution in [0.5, 0.6) is 0 Å². The zero-order valence-electron chi connectivity index (χ0n) is 5.41. The van der Waals surface area contributed by atoms with Crippen molar-refractivity contribution in [2.24, 2.45) is 0 Å². The molecular formula is C6H3BBrO2S-. The van der Waals surface area contributed by atoms with Gasteiger partial charge in [0, 0.05) is 9.37 Å². The Bertz CT molecular complexity index is 303. The number of hydrogen-bond donors (Lipinski definition) is 0. The van der Waals surface area contributed by atoms with Crippen LogP contribution in [0.3, 0.4) is 0 Å². The van der Waals surface area contributed by atoms with Crippen molar-refractivity contribution < 1.29 is 8.76 Å². The van der Waals surface area contributed by atoms with E-state index in [-0.39, 0.29) is 4.90 Å². The van der Waals surface area contributed by atoms with Crippen LogP contribution in [-0.2, 0) is 11.1 Å². The molecule has 0 aliphatic carbocycles. The lowest BCUT2D eigenvalue weighted by Gasteiger charge is -2.06. The molecule has 11 heavy (non-hydrogen) atoms. The molecule has 0 spiro atoms. The van der Waals surface area contributed by atoms with Crippen LogP contribution in [0.15, 0.2) is 27.6 Å². The number of rotatable bonds is 1. The summed E-state index contributed by atoms with van der Waals surface area (Å²) in [7, 11) is 5.44. The van der Waals surface area contributed by atoms with E-state index in [1.165, 1.54) is 18.2 Å². The quantitative estimate of drug-likeness (QED) is 0.519. The summed E-state index contributed by atoms with van der Waals surface area (Å²) in [5.74, 6) is 0. The Balaban J connectivity index is 3.15. The van der Waals surface area contributed by atoms with Gasteiger partial charge in [-0.2, -0.15) is 0 Å². The smallest absolute Gasteiger partial charge is 0.115 e. The summed E-state index contributed by atoms with van der Waals surface area (Å²) in [4.78, 5) is 0.228. The van der Waals surface area contributed by atoms with Crippen LogP contribution in [-0.4, -0.2) is 16.6 Å². The molecule has 0 aromatic heterocycles. The van der Waals surface area contributed by atoms with E-state index in [9.17, 15) is 8.76 Å². The van der Waals surface area contributed by atoms with Crippen LogP contribution < -0.4 is 5.46 Å². The molecule has 2 nitrogen and oxygen atoms in total. The average molecular weight is 230 g/mol. The van der Waals surface area contributed by atoms with E-state index in [2.05, 4.69) is 15.9 Å². The van der Waals surface area contributed by atoms with Crippen LogP contribution in [0.2, 0.25) is 0 Å². The standard InChI is InChI=1S/C6H4BBrO2S/c7-5-2-1-4(11(9)10)3-6(5)8/h1-3H,(H,9,10)/p-1. The third kappa shape index (κ3) is 2.15. The van der Waals surface area contributed by atoms with Crippen LogP contribution in [0.4, 0.5) is 0 Å². The van der Waals surface area contributed by atoms with Crippen molar-refractivity contribution in [3.05, 3.63) is 22.7 Å². The van der Waals surface area contributed by atoms with Gasteiger partial charge in [0.05, 0.1) is 0 Å². The van der Waals surface area contributed by atoms with Gasteiger partial charge in [-0.3, -0.25) is 4.21 Å². The summed E-state index contributed by atoms with van der Waals surface area (Å²) in [5, 5.41) is 0. The topological polar surface area (TPSA) is 40.1 Å². The first-order chi connectivity index (χ1) is 5.11. The highest BCUT2D eigenvalue weighted by molar-refractivity contribution is 9.10. The summed E-state index contributed by atoms with van der Waals surface area (Å²) in [6.45, 7) is 0. The maximum Gasteiger partial charge on any atom is 0.115 e. The van der Waals surface area contributed by atoms with Gasteiger partial charge < -0.3 is 4.55 Å². The Morgan fingerprint density at radius 3 is 2.64 bits per heavy atom. The minimum absolute atomic E-state index is 0.228. The van der Waals surface area contributed by atoms with Gasteiger partial charge in [-0.05, 0) is 23.2 Å². The lowest BCUT2D eigenvalue weighted by Crippen LogP contribution is -2.04. The molecule has 0 fully saturated rings. The summed E-state index contributed by atoms with van der Waals surface area (Å²) in [5.41, 5.74) is 0.527. The van der Waals surface area contributed by atoms with Crippen molar-refractivity contribution in [3.8, 4) is 0 Å². The van der Waals surface area contributed by atoms with Crippen LogP contribution >= 0.6 is 15.9 Å². The first-order valence-electron chi connectivity index (χ1n) is 2.75. The Labute approximate surface area is 76.8 Å². The molecule has 0 aliphatic rings. The normalized spacial score (nSPS) is 12.9. The van der Waals surface area contributed by atoms with E-state index in [0.29, 0.717) is 9.94 Å². The highest BCUT2D eigenvalue weighted by Gasteiger charge is 1.95. The molecular weight excluding hydrogens is 227 g/mol. The average Bonchev–Trinajstić information content (AvgIpc) is 1.94. The van der Waals surface area contributed by atoms with E-state index in [4.69, 9.17) is 7.85 Å². The molecule has 0 heterocycles. The molecule has 5 heteroatoms. The Kier molecular flexibility index (Phi) is 2.87. The van der Waals surface area contributed by atoms with Gasteiger partial charge >= 0.3 is 0 Å². The first-order valence-corrected chi connectivity index (χ1v) is 4.62. The van der Waals surface area contributed by atoms with Gasteiger partial charge in [0.15, 0.2) is 0 Å². The van der Waals surface area contributed by atoms with Gasteiger partial charge in [-0.15, -0.1) is 0 Å².